The molecule has 4 nitrogen and oxygen atoms in total. The van der Waals surface area contributed by atoms with Crippen LogP contribution in [0, 0.1) is 6.92 Å². The SMILES string of the molecule is CC[C@@H](NC(=S)Nc1ncccc1C)c1ccc(OC)cc1. The first kappa shape index (κ1) is 16.2. The van der Waals surface area contributed by atoms with Crippen LogP contribution in [-0.4, -0.2) is 17.2 Å². The summed E-state index contributed by atoms with van der Waals surface area (Å²) < 4.78 is 5.19. The zero-order chi connectivity index (χ0) is 15.9. The van der Waals surface area contributed by atoms with Gasteiger partial charge in [0.1, 0.15) is 11.6 Å². The minimum Gasteiger partial charge on any atom is -0.497 e. The molecule has 0 bridgehead atoms. The largest absolute Gasteiger partial charge is 0.497 e. The Morgan fingerprint density at radius 3 is 2.59 bits per heavy atom. The van der Waals surface area contributed by atoms with Crippen molar-refractivity contribution in [2.75, 3.05) is 12.4 Å². The lowest BCUT2D eigenvalue weighted by Gasteiger charge is -2.20. The number of nitrogens with zero attached hydrogens (tertiary/aromatic N) is 1. The monoisotopic (exact) mass is 315 g/mol. The van der Waals surface area contributed by atoms with E-state index >= 15 is 0 Å². The molecule has 0 amide bonds. The van der Waals surface area contributed by atoms with Gasteiger partial charge in [-0.05, 0) is 54.9 Å². The molecule has 1 heterocycles. The van der Waals surface area contributed by atoms with Gasteiger partial charge in [0.25, 0.3) is 0 Å². The number of hydrogen-bond acceptors (Lipinski definition) is 3. The van der Waals surface area contributed by atoms with Crippen molar-refractivity contribution in [2.24, 2.45) is 0 Å². The number of nitrogens with one attached hydrogen (secondary N) is 2. The molecule has 1 aromatic heterocycles. The van der Waals surface area contributed by atoms with E-state index in [1.807, 2.05) is 31.2 Å². The molecule has 0 saturated carbocycles. The summed E-state index contributed by atoms with van der Waals surface area (Å²) in [4.78, 5) is 4.29. The molecule has 0 radical (unpaired) electrons. The van der Waals surface area contributed by atoms with Crippen LogP contribution in [0.2, 0.25) is 0 Å². The lowest BCUT2D eigenvalue weighted by Crippen LogP contribution is -2.32. The van der Waals surface area contributed by atoms with Gasteiger partial charge in [0.05, 0.1) is 13.2 Å². The van der Waals surface area contributed by atoms with E-state index in [9.17, 15) is 0 Å². The van der Waals surface area contributed by atoms with Crippen molar-refractivity contribution in [3.63, 3.8) is 0 Å². The van der Waals surface area contributed by atoms with Gasteiger partial charge in [-0.25, -0.2) is 4.98 Å². The summed E-state index contributed by atoms with van der Waals surface area (Å²) >= 11 is 5.40. The molecule has 0 aliphatic carbocycles. The number of aromatic nitrogens is 1. The maximum Gasteiger partial charge on any atom is 0.172 e. The summed E-state index contributed by atoms with van der Waals surface area (Å²) in [6.45, 7) is 4.12. The molecule has 116 valence electrons. The number of benzene rings is 1. The number of hydrogen-bond donors (Lipinski definition) is 2. The molecule has 0 saturated heterocycles. The molecule has 0 aliphatic rings. The Bertz CT molecular complexity index is 628. The number of methoxy groups -OCH3 is 1. The van der Waals surface area contributed by atoms with Crippen LogP contribution >= 0.6 is 12.2 Å². The van der Waals surface area contributed by atoms with E-state index in [4.69, 9.17) is 17.0 Å². The smallest absolute Gasteiger partial charge is 0.172 e. The molecule has 2 aromatic rings. The topological polar surface area (TPSA) is 46.2 Å². The molecule has 1 aromatic carbocycles. The third-order valence-electron chi connectivity index (χ3n) is 3.47. The van der Waals surface area contributed by atoms with Crippen LogP contribution in [0.1, 0.15) is 30.5 Å². The zero-order valence-electron chi connectivity index (χ0n) is 13.1. The number of anilines is 1. The molecule has 0 unspecified atom stereocenters. The van der Waals surface area contributed by atoms with E-state index < -0.39 is 0 Å². The van der Waals surface area contributed by atoms with Gasteiger partial charge in [0, 0.05) is 6.20 Å². The lowest BCUT2D eigenvalue weighted by molar-refractivity contribution is 0.414. The van der Waals surface area contributed by atoms with Crippen molar-refractivity contribution in [2.45, 2.75) is 26.3 Å². The maximum atomic E-state index is 5.40. The predicted molar refractivity (Wildman–Crippen MR) is 94.4 cm³/mol. The van der Waals surface area contributed by atoms with E-state index in [0.717, 1.165) is 23.6 Å². The third kappa shape index (κ3) is 4.18. The molecular formula is C17H21N3OS. The van der Waals surface area contributed by atoms with Crippen LogP contribution in [0.25, 0.3) is 0 Å². The Hall–Kier alpha value is -2.14. The first-order valence-electron chi connectivity index (χ1n) is 7.27. The van der Waals surface area contributed by atoms with Crippen LogP contribution < -0.4 is 15.4 Å². The third-order valence-corrected chi connectivity index (χ3v) is 3.69. The molecule has 5 heteroatoms. The molecule has 2 N–H and O–H groups in total. The second-order valence-corrected chi connectivity index (χ2v) is 5.41. The summed E-state index contributed by atoms with van der Waals surface area (Å²) in [6.07, 6.45) is 2.67. The molecule has 2 rings (SSSR count). The highest BCUT2D eigenvalue weighted by molar-refractivity contribution is 7.80. The highest BCUT2D eigenvalue weighted by Crippen LogP contribution is 2.20. The number of pyridine rings is 1. The molecule has 0 spiro atoms. The van der Waals surface area contributed by atoms with Gasteiger partial charge in [-0.3, -0.25) is 0 Å². The van der Waals surface area contributed by atoms with Crippen molar-refractivity contribution in [3.8, 4) is 5.75 Å². The van der Waals surface area contributed by atoms with Crippen molar-refractivity contribution in [1.29, 1.82) is 0 Å². The van der Waals surface area contributed by atoms with Crippen LogP contribution in [0.4, 0.5) is 5.82 Å². The summed E-state index contributed by atoms with van der Waals surface area (Å²) in [5, 5.41) is 7.06. The standard InChI is InChI=1S/C17H21N3OS/c1-4-15(13-7-9-14(21-3)10-8-13)19-17(22)20-16-12(2)6-5-11-18-16/h5-11,15H,4H2,1-3H3,(H2,18,19,20,22)/t15-/m1/s1. The normalized spacial score (nSPS) is 11.6. The van der Waals surface area contributed by atoms with Crippen LogP contribution in [0.15, 0.2) is 42.6 Å². The van der Waals surface area contributed by atoms with Gasteiger partial charge >= 0.3 is 0 Å². The molecule has 1 atom stereocenters. The molecular weight excluding hydrogens is 294 g/mol. The summed E-state index contributed by atoms with van der Waals surface area (Å²) in [5.74, 6) is 1.63. The quantitative estimate of drug-likeness (QED) is 0.821. The first-order chi connectivity index (χ1) is 10.6. The Morgan fingerprint density at radius 2 is 2.00 bits per heavy atom. The zero-order valence-corrected chi connectivity index (χ0v) is 13.9. The van der Waals surface area contributed by atoms with Crippen LogP contribution in [-0.2, 0) is 0 Å². The number of aryl methyl sites for hydroxylation is 1. The van der Waals surface area contributed by atoms with Crippen molar-refractivity contribution in [1.82, 2.24) is 10.3 Å². The highest BCUT2D eigenvalue weighted by atomic mass is 32.1. The molecule has 0 aliphatic heterocycles. The van der Waals surface area contributed by atoms with Crippen LogP contribution in [0.5, 0.6) is 5.75 Å². The predicted octanol–water partition coefficient (Wildman–Crippen LogP) is 3.84. The van der Waals surface area contributed by atoms with Crippen molar-refractivity contribution in [3.05, 3.63) is 53.7 Å². The van der Waals surface area contributed by atoms with Gasteiger partial charge in [0.15, 0.2) is 5.11 Å². The number of rotatable bonds is 5. The van der Waals surface area contributed by atoms with E-state index in [1.54, 1.807) is 13.3 Å². The summed E-state index contributed by atoms with van der Waals surface area (Å²) in [7, 11) is 1.67. The minimum atomic E-state index is 0.148. The average Bonchev–Trinajstić information content (AvgIpc) is 2.55. The Morgan fingerprint density at radius 1 is 1.27 bits per heavy atom. The minimum absolute atomic E-state index is 0.148. The summed E-state index contributed by atoms with van der Waals surface area (Å²) in [6, 6.07) is 12.1. The Labute approximate surface area is 136 Å². The second kappa shape index (κ2) is 7.75. The molecule has 0 fully saturated rings. The summed E-state index contributed by atoms with van der Waals surface area (Å²) in [5.41, 5.74) is 2.23. The number of thiocarbonyl (C=S) groups is 1. The van der Waals surface area contributed by atoms with Gasteiger partial charge in [-0.1, -0.05) is 25.1 Å². The van der Waals surface area contributed by atoms with Crippen molar-refractivity contribution < 1.29 is 4.74 Å². The Balaban J connectivity index is 2.03. The van der Waals surface area contributed by atoms with E-state index in [0.29, 0.717) is 5.11 Å². The van der Waals surface area contributed by atoms with Gasteiger partial charge < -0.3 is 15.4 Å². The van der Waals surface area contributed by atoms with Gasteiger partial charge in [0.2, 0.25) is 0 Å². The lowest BCUT2D eigenvalue weighted by atomic mass is 10.0. The van der Waals surface area contributed by atoms with E-state index in [1.165, 1.54) is 5.56 Å². The first-order valence-corrected chi connectivity index (χ1v) is 7.68. The fraction of sp³-hybridized carbons (Fsp3) is 0.294. The van der Waals surface area contributed by atoms with Gasteiger partial charge in [-0.15, -0.1) is 0 Å². The fourth-order valence-electron chi connectivity index (χ4n) is 2.18. The van der Waals surface area contributed by atoms with Crippen molar-refractivity contribution >= 4 is 23.1 Å². The second-order valence-electron chi connectivity index (χ2n) is 5.00. The van der Waals surface area contributed by atoms with Crippen LogP contribution in [0.3, 0.4) is 0 Å². The fourth-order valence-corrected chi connectivity index (χ4v) is 2.41. The Kier molecular flexibility index (Phi) is 5.72. The van der Waals surface area contributed by atoms with E-state index in [-0.39, 0.29) is 6.04 Å². The highest BCUT2D eigenvalue weighted by Gasteiger charge is 2.11. The maximum absolute atomic E-state index is 5.40. The average molecular weight is 315 g/mol. The van der Waals surface area contributed by atoms with Gasteiger partial charge in [-0.2, -0.15) is 0 Å². The number of ether oxygens (including phenoxy) is 1. The molecule has 22 heavy (non-hydrogen) atoms. The van der Waals surface area contributed by atoms with E-state index in [2.05, 4.69) is 34.7 Å².